The van der Waals surface area contributed by atoms with Crippen molar-refractivity contribution >= 4 is 0 Å². The minimum atomic E-state index is -0.164. The zero-order valence-electron chi connectivity index (χ0n) is 8.82. The summed E-state index contributed by atoms with van der Waals surface area (Å²) in [6.45, 7) is 6.11. The van der Waals surface area contributed by atoms with Crippen molar-refractivity contribution in [2.45, 2.75) is 44.9 Å². The molecule has 0 N–H and O–H groups in total. The van der Waals surface area contributed by atoms with E-state index in [-0.39, 0.29) is 18.2 Å². The summed E-state index contributed by atoms with van der Waals surface area (Å²) < 4.78 is 21.4. The lowest BCUT2D eigenvalue weighted by molar-refractivity contribution is -0.140. The summed E-state index contributed by atoms with van der Waals surface area (Å²) in [5, 5.41) is 0. The quantitative estimate of drug-likeness (QED) is 0.461. The summed E-state index contributed by atoms with van der Waals surface area (Å²) in [5.74, 6) is -0.164. The summed E-state index contributed by atoms with van der Waals surface area (Å²) in [6, 6.07) is 0. The molecule has 0 radical (unpaired) electrons. The fraction of sp³-hybridized carbons (Fsp3) is 1.00. The molecule has 0 amide bonds. The van der Waals surface area contributed by atoms with E-state index >= 15 is 0 Å². The molecule has 2 aliphatic heterocycles. The molecule has 2 fully saturated rings. The van der Waals surface area contributed by atoms with Crippen LogP contribution in [0, 0.1) is 0 Å². The van der Waals surface area contributed by atoms with E-state index in [0.29, 0.717) is 13.2 Å². The van der Waals surface area contributed by atoms with E-state index in [4.69, 9.17) is 18.9 Å². The van der Waals surface area contributed by atoms with Crippen LogP contribution in [0.4, 0.5) is 0 Å². The van der Waals surface area contributed by atoms with Gasteiger partial charge in [0.25, 0.3) is 0 Å². The molecule has 0 bridgehead atoms. The van der Waals surface area contributed by atoms with Crippen LogP contribution in [-0.2, 0) is 18.9 Å². The fourth-order valence-electron chi connectivity index (χ4n) is 1.68. The monoisotopic (exact) mass is 202 g/mol. The minimum Gasteiger partial charge on any atom is -0.353 e. The summed E-state index contributed by atoms with van der Waals surface area (Å²) in [6.07, 6.45) is 2.05. The van der Waals surface area contributed by atoms with Crippen LogP contribution in [0.3, 0.4) is 0 Å². The van der Waals surface area contributed by atoms with Crippen LogP contribution < -0.4 is 0 Å². The third-order valence-electron chi connectivity index (χ3n) is 2.57. The maximum absolute atomic E-state index is 5.43. The molecule has 0 aliphatic carbocycles. The highest BCUT2D eigenvalue weighted by Crippen LogP contribution is 2.51. The Morgan fingerprint density at radius 1 is 1.36 bits per heavy atom. The van der Waals surface area contributed by atoms with Gasteiger partial charge in [-0.2, -0.15) is 0 Å². The van der Waals surface area contributed by atoms with Gasteiger partial charge in [0.15, 0.2) is 6.29 Å². The molecule has 0 aromatic rings. The van der Waals surface area contributed by atoms with Gasteiger partial charge in [0.1, 0.15) is 12.7 Å². The fourth-order valence-corrected chi connectivity index (χ4v) is 1.68. The van der Waals surface area contributed by atoms with Gasteiger partial charge in [-0.1, -0.05) is 0 Å². The Bertz CT molecular complexity index is 185. The van der Waals surface area contributed by atoms with Crippen molar-refractivity contribution in [2.24, 2.45) is 0 Å². The molecule has 0 saturated carbocycles. The molecule has 2 saturated heterocycles. The number of rotatable bonds is 7. The second kappa shape index (κ2) is 4.14. The van der Waals surface area contributed by atoms with Crippen molar-refractivity contribution in [3.05, 3.63) is 0 Å². The van der Waals surface area contributed by atoms with Crippen molar-refractivity contribution in [3.8, 4) is 0 Å². The van der Waals surface area contributed by atoms with Crippen LogP contribution in [0.2, 0.25) is 0 Å². The summed E-state index contributed by atoms with van der Waals surface area (Å²) in [5.41, 5.74) is 0. The lowest BCUT2D eigenvalue weighted by Gasteiger charge is -2.15. The summed E-state index contributed by atoms with van der Waals surface area (Å²) in [7, 11) is 0. The first-order chi connectivity index (χ1) is 6.80. The van der Waals surface area contributed by atoms with Gasteiger partial charge in [0.2, 0.25) is 5.79 Å². The summed E-state index contributed by atoms with van der Waals surface area (Å²) in [4.78, 5) is 0. The average molecular weight is 202 g/mol. The molecule has 2 aliphatic rings. The third kappa shape index (κ3) is 2.25. The SMILES string of the molecule is CCOC(CCC1OC12CO2)OCC. The largest absolute Gasteiger partial charge is 0.353 e. The van der Waals surface area contributed by atoms with Crippen LogP contribution in [-0.4, -0.2) is 38.0 Å². The topological polar surface area (TPSA) is 43.5 Å². The maximum Gasteiger partial charge on any atom is 0.219 e. The smallest absolute Gasteiger partial charge is 0.219 e. The van der Waals surface area contributed by atoms with Crippen LogP contribution in [0.5, 0.6) is 0 Å². The number of ether oxygens (including phenoxy) is 4. The standard InChI is InChI=1S/C10H18O4/c1-3-11-9(12-4-2)6-5-8-10(14-8)7-13-10/h8-9H,3-7H2,1-2H3. The molecule has 4 heteroatoms. The van der Waals surface area contributed by atoms with Crippen molar-refractivity contribution in [3.63, 3.8) is 0 Å². The van der Waals surface area contributed by atoms with Crippen LogP contribution in [0.1, 0.15) is 26.7 Å². The first-order valence-corrected chi connectivity index (χ1v) is 5.35. The second-order valence-corrected chi connectivity index (χ2v) is 3.62. The highest BCUT2D eigenvalue weighted by Gasteiger charge is 2.68. The Hall–Kier alpha value is -0.160. The third-order valence-corrected chi connectivity index (χ3v) is 2.57. The predicted molar refractivity (Wildman–Crippen MR) is 49.8 cm³/mol. The number of hydrogen-bond acceptors (Lipinski definition) is 4. The minimum absolute atomic E-state index is 0.0787. The molecule has 2 atom stereocenters. The molecule has 2 heterocycles. The predicted octanol–water partition coefficient (Wildman–Crippen LogP) is 1.29. The zero-order valence-corrected chi connectivity index (χ0v) is 8.82. The van der Waals surface area contributed by atoms with Gasteiger partial charge in [-0.15, -0.1) is 0 Å². The van der Waals surface area contributed by atoms with Gasteiger partial charge in [-0.3, -0.25) is 0 Å². The Labute approximate surface area is 84.5 Å². The summed E-state index contributed by atoms with van der Waals surface area (Å²) >= 11 is 0. The van der Waals surface area contributed by atoms with Crippen molar-refractivity contribution in [1.29, 1.82) is 0 Å². The van der Waals surface area contributed by atoms with Gasteiger partial charge in [0.05, 0.1) is 0 Å². The molecule has 14 heavy (non-hydrogen) atoms. The lowest BCUT2D eigenvalue weighted by atomic mass is 10.2. The van der Waals surface area contributed by atoms with E-state index in [1.54, 1.807) is 0 Å². The van der Waals surface area contributed by atoms with Gasteiger partial charge in [-0.05, 0) is 20.3 Å². The lowest BCUT2D eigenvalue weighted by Crippen LogP contribution is -2.18. The van der Waals surface area contributed by atoms with Crippen LogP contribution in [0.25, 0.3) is 0 Å². The molecular weight excluding hydrogens is 184 g/mol. The van der Waals surface area contributed by atoms with Crippen molar-refractivity contribution in [1.82, 2.24) is 0 Å². The zero-order chi connectivity index (χ0) is 10.0. The van der Waals surface area contributed by atoms with E-state index < -0.39 is 0 Å². The molecular formula is C10H18O4. The molecule has 1 spiro atoms. The number of hydrogen-bond donors (Lipinski definition) is 0. The van der Waals surface area contributed by atoms with E-state index in [1.165, 1.54) is 0 Å². The van der Waals surface area contributed by atoms with Crippen LogP contribution >= 0.6 is 0 Å². The normalized spacial score (nSPS) is 34.1. The van der Waals surface area contributed by atoms with E-state index in [2.05, 4.69) is 0 Å². The van der Waals surface area contributed by atoms with E-state index in [9.17, 15) is 0 Å². The highest BCUT2D eigenvalue weighted by molar-refractivity contribution is 5.03. The highest BCUT2D eigenvalue weighted by atomic mass is 16.9. The first kappa shape index (κ1) is 10.4. The van der Waals surface area contributed by atoms with Gasteiger partial charge >= 0.3 is 0 Å². The number of epoxide rings is 2. The van der Waals surface area contributed by atoms with Gasteiger partial charge in [-0.25, -0.2) is 0 Å². The average Bonchev–Trinajstić information content (AvgIpc) is 3.06. The molecule has 4 nitrogen and oxygen atoms in total. The Balaban J connectivity index is 1.61. The van der Waals surface area contributed by atoms with Crippen molar-refractivity contribution in [2.75, 3.05) is 19.8 Å². The molecule has 0 aromatic heterocycles. The maximum atomic E-state index is 5.43. The first-order valence-electron chi connectivity index (χ1n) is 5.35. The second-order valence-electron chi connectivity index (χ2n) is 3.62. The molecule has 0 aromatic carbocycles. The van der Waals surface area contributed by atoms with Gasteiger partial charge in [0, 0.05) is 19.6 Å². The van der Waals surface area contributed by atoms with Gasteiger partial charge < -0.3 is 18.9 Å². The molecule has 2 unspecified atom stereocenters. The Morgan fingerprint density at radius 3 is 2.43 bits per heavy atom. The molecule has 82 valence electrons. The van der Waals surface area contributed by atoms with Crippen molar-refractivity contribution < 1.29 is 18.9 Å². The van der Waals surface area contributed by atoms with E-state index in [0.717, 1.165) is 19.4 Å². The van der Waals surface area contributed by atoms with E-state index in [1.807, 2.05) is 13.8 Å². The molecule has 2 rings (SSSR count). The van der Waals surface area contributed by atoms with Crippen LogP contribution in [0.15, 0.2) is 0 Å². The Morgan fingerprint density at radius 2 is 2.00 bits per heavy atom. The Kier molecular flexibility index (Phi) is 3.07.